The second-order valence-corrected chi connectivity index (χ2v) is 1.66. The zero-order valence-corrected chi connectivity index (χ0v) is 4.83. The highest BCUT2D eigenvalue weighted by atomic mass is 16.3. The van der Waals surface area contributed by atoms with E-state index in [1.54, 1.807) is 24.3 Å². The molecule has 0 saturated carbocycles. The second kappa shape index (κ2) is 2.37. The molecule has 1 aromatic carbocycles. The molecule has 48 valence electrons. The van der Waals surface area contributed by atoms with E-state index in [1.165, 1.54) is 0 Å². The molecule has 0 unspecified atom stereocenters. The van der Waals surface area contributed by atoms with Crippen molar-refractivity contribution in [3.63, 3.8) is 0 Å². The number of nitrogens with one attached hydrogen (secondary N) is 1. The first kappa shape index (κ1) is 5.91. The SMILES string of the molecule is NNc1ccccc1O. The third-order valence-electron chi connectivity index (χ3n) is 1.06. The predicted molar refractivity (Wildman–Crippen MR) is 35.9 cm³/mol. The van der Waals surface area contributed by atoms with Crippen LogP contribution < -0.4 is 11.3 Å². The first-order chi connectivity index (χ1) is 4.34. The number of hydrogen-bond donors (Lipinski definition) is 3. The average Bonchev–Trinajstić information content (AvgIpc) is 1.89. The molecule has 0 atom stereocenters. The number of nitrogen functional groups attached to an aromatic ring is 1. The minimum Gasteiger partial charge on any atom is -0.506 e. The second-order valence-electron chi connectivity index (χ2n) is 1.66. The number of phenols is 1. The molecule has 3 heteroatoms. The lowest BCUT2D eigenvalue weighted by molar-refractivity contribution is 0.477. The van der Waals surface area contributed by atoms with Gasteiger partial charge in [-0.25, -0.2) is 0 Å². The molecule has 9 heavy (non-hydrogen) atoms. The lowest BCUT2D eigenvalue weighted by atomic mass is 10.3. The molecular weight excluding hydrogens is 116 g/mol. The first-order valence-electron chi connectivity index (χ1n) is 2.59. The van der Waals surface area contributed by atoms with E-state index in [4.69, 9.17) is 10.9 Å². The quantitative estimate of drug-likeness (QED) is 0.293. The third-order valence-corrected chi connectivity index (χ3v) is 1.06. The molecule has 1 rings (SSSR count). The van der Waals surface area contributed by atoms with Gasteiger partial charge in [-0.05, 0) is 12.1 Å². The van der Waals surface area contributed by atoms with Crippen LogP contribution in [0.15, 0.2) is 24.3 Å². The van der Waals surface area contributed by atoms with Gasteiger partial charge in [-0.3, -0.25) is 5.84 Å². The van der Waals surface area contributed by atoms with Gasteiger partial charge in [0.25, 0.3) is 0 Å². The Hall–Kier alpha value is -1.22. The molecule has 0 aliphatic heterocycles. The number of benzene rings is 1. The number of nitrogens with two attached hydrogens (primary N) is 1. The van der Waals surface area contributed by atoms with Gasteiger partial charge in [0.1, 0.15) is 5.75 Å². The fourth-order valence-electron chi connectivity index (χ4n) is 0.596. The Bertz CT molecular complexity index is 200. The maximum atomic E-state index is 8.97. The highest BCUT2D eigenvalue weighted by molar-refractivity contribution is 5.53. The van der Waals surface area contributed by atoms with Gasteiger partial charge in [0.2, 0.25) is 0 Å². The lowest BCUT2D eigenvalue weighted by Crippen LogP contribution is -2.06. The van der Waals surface area contributed by atoms with Gasteiger partial charge in [0.15, 0.2) is 0 Å². The van der Waals surface area contributed by atoms with Crippen molar-refractivity contribution in [3.05, 3.63) is 24.3 Å². The van der Waals surface area contributed by atoms with E-state index in [0.717, 1.165) is 0 Å². The summed E-state index contributed by atoms with van der Waals surface area (Å²) in [7, 11) is 0. The van der Waals surface area contributed by atoms with E-state index in [2.05, 4.69) is 5.43 Å². The van der Waals surface area contributed by atoms with E-state index in [0.29, 0.717) is 5.69 Å². The van der Waals surface area contributed by atoms with E-state index < -0.39 is 0 Å². The summed E-state index contributed by atoms with van der Waals surface area (Å²) in [6, 6.07) is 6.77. The van der Waals surface area contributed by atoms with Gasteiger partial charge in [0, 0.05) is 0 Å². The minimum atomic E-state index is 0.167. The van der Waals surface area contributed by atoms with E-state index >= 15 is 0 Å². The predicted octanol–water partition coefficient (Wildman–Crippen LogP) is 0.678. The van der Waals surface area contributed by atoms with Crippen LogP contribution in [0, 0.1) is 0 Å². The van der Waals surface area contributed by atoms with Crippen molar-refractivity contribution in [3.8, 4) is 5.75 Å². The number of para-hydroxylation sites is 2. The summed E-state index contributed by atoms with van der Waals surface area (Å²) in [6.45, 7) is 0. The van der Waals surface area contributed by atoms with Gasteiger partial charge in [-0.2, -0.15) is 0 Å². The maximum Gasteiger partial charge on any atom is 0.139 e. The van der Waals surface area contributed by atoms with E-state index in [1.807, 2.05) is 0 Å². The van der Waals surface area contributed by atoms with Crippen molar-refractivity contribution >= 4 is 5.69 Å². The smallest absolute Gasteiger partial charge is 0.139 e. The summed E-state index contributed by atoms with van der Waals surface area (Å²) in [4.78, 5) is 0. The number of phenolic OH excluding ortho intramolecular Hbond substituents is 1. The molecule has 4 N–H and O–H groups in total. The van der Waals surface area contributed by atoms with Gasteiger partial charge in [-0.1, -0.05) is 12.1 Å². The molecule has 0 heterocycles. The van der Waals surface area contributed by atoms with E-state index in [9.17, 15) is 0 Å². The molecule has 0 aliphatic rings. The topological polar surface area (TPSA) is 58.3 Å². The van der Waals surface area contributed by atoms with Gasteiger partial charge < -0.3 is 10.5 Å². The van der Waals surface area contributed by atoms with Crippen LogP contribution in [-0.4, -0.2) is 5.11 Å². The Labute approximate surface area is 53.1 Å². The molecule has 3 nitrogen and oxygen atoms in total. The van der Waals surface area contributed by atoms with Crippen molar-refractivity contribution in [1.29, 1.82) is 0 Å². The zero-order chi connectivity index (χ0) is 6.69. The highest BCUT2D eigenvalue weighted by Crippen LogP contribution is 2.19. The number of rotatable bonds is 1. The summed E-state index contributed by atoms with van der Waals surface area (Å²) in [5.41, 5.74) is 2.88. The summed E-state index contributed by atoms with van der Waals surface area (Å²) in [5, 5.41) is 8.97. The Balaban J connectivity index is 3.01. The molecule has 0 aromatic heterocycles. The summed E-state index contributed by atoms with van der Waals surface area (Å²) < 4.78 is 0. The monoisotopic (exact) mass is 124 g/mol. The fraction of sp³-hybridized carbons (Fsp3) is 0. The Morgan fingerprint density at radius 3 is 2.44 bits per heavy atom. The molecule has 0 fully saturated rings. The maximum absolute atomic E-state index is 8.97. The fourth-order valence-corrected chi connectivity index (χ4v) is 0.596. The Morgan fingerprint density at radius 2 is 2.00 bits per heavy atom. The zero-order valence-electron chi connectivity index (χ0n) is 4.83. The van der Waals surface area contributed by atoms with Crippen molar-refractivity contribution in [2.24, 2.45) is 5.84 Å². The third kappa shape index (κ3) is 1.12. The van der Waals surface area contributed by atoms with Crippen LogP contribution in [-0.2, 0) is 0 Å². The average molecular weight is 124 g/mol. The van der Waals surface area contributed by atoms with E-state index in [-0.39, 0.29) is 5.75 Å². The number of hydrazine groups is 1. The summed E-state index contributed by atoms with van der Waals surface area (Å²) in [5.74, 6) is 5.21. The standard InChI is InChI=1S/C6H8N2O/c7-8-5-3-1-2-4-6(5)9/h1-4,8-9H,7H2. The van der Waals surface area contributed by atoms with Crippen molar-refractivity contribution in [2.45, 2.75) is 0 Å². The van der Waals surface area contributed by atoms with Crippen LogP contribution in [0.4, 0.5) is 5.69 Å². The largest absolute Gasteiger partial charge is 0.506 e. The van der Waals surface area contributed by atoms with Crippen LogP contribution in [0.1, 0.15) is 0 Å². The molecular formula is C6H8N2O. The number of hydrogen-bond acceptors (Lipinski definition) is 3. The molecule has 1 aromatic rings. The lowest BCUT2D eigenvalue weighted by Gasteiger charge is -1.99. The number of aromatic hydroxyl groups is 1. The normalized spacial score (nSPS) is 9.00. The molecule has 0 bridgehead atoms. The molecule has 0 aliphatic carbocycles. The van der Waals surface area contributed by atoms with Gasteiger partial charge in [0.05, 0.1) is 5.69 Å². The van der Waals surface area contributed by atoms with Crippen molar-refractivity contribution < 1.29 is 5.11 Å². The highest BCUT2D eigenvalue weighted by Gasteiger charge is 1.92. The molecule has 0 saturated heterocycles. The van der Waals surface area contributed by atoms with Crippen LogP contribution in [0.25, 0.3) is 0 Å². The Kier molecular flexibility index (Phi) is 1.55. The summed E-state index contributed by atoms with van der Waals surface area (Å²) in [6.07, 6.45) is 0. The molecule has 0 radical (unpaired) electrons. The Morgan fingerprint density at radius 1 is 1.33 bits per heavy atom. The van der Waals surface area contributed by atoms with Crippen LogP contribution in [0.5, 0.6) is 5.75 Å². The molecule has 0 amide bonds. The van der Waals surface area contributed by atoms with Crippen molar-refractivity contribution in [2.75, 3.05) is 5.43 Å². The summed E-state index contributed by atoms with van der Waals surface area (Å²) >= 11 is 0. The minimum absolute atomic E-state index is 0.167. The van der Waals surface area contributed by atoms with Crippen LogP contribution >= 0.6 is 0 Å². The van der Waals surface area contributed by atoms with Crippen LogP contribution in [0.2, 0.25) is 0 Å². The number of anilines is 1. The van der Waals surface area contributed by atoms with Gasteiger partial charge >= 0.3 is 0 Å². The molecule has 0 spiro atoms. The van der Waals surface area contributed by atoms with Gasteiger partial charge in [-0.15, -0.1) is 0 Å². The van der Waals surface area contributed by atoms with Crippen LogP contribution in [0.3, 0.4) is 0 Å². The first-order valence-corrected chi connectivity index (χ1v) is 2.59. The van der Waals surface area contributed by atoms with Crippen molar-refractivity contribution in [1.82, 2.24) is 0 Å².